The second kappa shape index (κ2) is 6.68. The molecule has 0 saturated carbocycles. The van der Waals surface area contributed by atoms with Gasteiger partial charge >= 0.3 is 11.9 Å². The first kappa shape index (κ1) is 18.9. The quantitative estimate of drug-likeness (QED) is 0.786. The summed E-state index contributed by atoms with van der Waals surface area (Å²) in [6, 6.07) is 4.79. The van der Waals surface area contributed by atoms with E-state index in [9.17, 15) is 14.7 Å². The molecule has 0 radical (unpaired) electrons. The second-order valence-electron chi connectivity index (χ2n) is 7.36. The number of hydrogen-bond acceptors (Lipinski definition) is 7. The van der Waals surface area contributed by atoms with Crippen molar-refractivity contribution >= 4 is 23.0 Å². The fraction of sp³-hybridized carbons (Fsp3) is 0.474. The molecule has 8 heteroatoms. The number of fused-ring (bicyclic) bond motifs is 1. The fourth-order valence-electron chi connectivity index (χ4n) is 3.71. The molecule has 2 heterocycles. The fourth-order valence-corrected chi connectivity index (χ4v) is 3.71. The summed E-state index contributed by atoms with van der Waals surface area (Å²) in [7, 11) is 0. The highest BCUT2D eigenvalue weighted by Crippen LogP contribution is 2.49. The van der Waals surface area contributed by atoms with E-state index in [4.69, 9.17) is 9.37 Å². The third-order valence-corrected chi connectivity index (χ3v) is 5.28. The summed E-state index contributed by atoms with van der Waals surface area (Å²) in [5, 5.41) is 21.0. The van der Waals surface area contributed by atoms with Gasteiger partial charge < -0.3 is 15.2 Å². The van der Waals surface area contributed by atoms with Gasteiger partial charge in [-0.1, -0.05) is 12.1 Å². The van der Waals surface area contributed by atoms with Gasteiger partial charge in [0.05, 0.1) is 17.1 Å². The Morgan fingerprint density at radius 1 is 1.33 bits per heavy atom. The van der Waals surface area contributed by atoms with Crippen molar-refractivity contribution in [1.29, 1.82) is 0 Å². The Morgan fingerprint density at radius 3 is 2.67 bits per heavy atom. The van der Waals surface area contributed by atoms with Gasteiger partial charge in [-0.3, -0.25) is 4.79 Å². The Balaban J connectivity index is 2.30. The first-order chi connectivity index (χ1) is 12.7. The van der Waals surface area contributed by atoms with Gasteiger partial charge in [-0.15, -0.1) is 0 Å². The number of carbonyl (C=O) groups is 2. The van der Waals surface area contributed by atoms with E-state index in [2.05, 4.69) is 15.6 Å². The zero-order valence-electron chi connectivity index (χ0n) is 15.9. The summed E-state index contributed by atoms with van der Waals surface area (Å²) >= 11 is 0. The van der Waals surface area contributed by atoms with Crippen molar-refractivity contribution in [3.63, 3.8) is 0 Å². The maximum atomic E-state index is 12.9. The molecule has 1 aromatic heterocycles. The number of rotatable bonds is 4. The Labute approximate surface area is 156 Å². The number of nitrogens with zero attached hydrogens (tertiary/aromatic N) is 2. The molecule has 8 nitrogen and oxygen atoms in total. The number of carboxylic acid groups (broad SMARTS) is 1. The molecule has 1 aliphatic rings. The lowest BCUT2D eigenvalue weighted by Gasteiger charge is -2.45. The van der Waals surface area contributed by atoms with Crippen LogP contribution in [-0.2, 0) is 14.3 Å². The minimum atomic E-state index is -1.32. The van der Waals surface area contributed by atoms with Crippen LogP contribution in [0.3, 0.4) is 0 Å². The Morgan fingerprint density at radius 2 is 2.04 bits per heavy atom. The van der Waals surface area contributed by atoms with Crippen molar-refractivity contribution in [1.82, 2.24) is 15.6 Å². The Bertz CT molecular complexity index is 932. The molecule has 27 heavy (non-hydrogen) atoms. The molecule has 0 fully saturated rings. The highest BCUT2D eigenvalue weighted by atomic mass is 16.6. The number of allylic oxidation sites excluding steroid dienone is 1. The monoisotopic (exact) mass is 373 g/mol. The standard InChI is InChI=1S/C19H23N3O5/c1-9(2)26-17(23)14-10(3)20-11(4)19(5,18(24)25)15(14)12-7-6-8-13-16(12)22-27-21-13/h6-9,11,15,20H,1-5H3,(H,24,25). The van der Waals surface area contributed by atoms with Crippen LogP contribution >= 0.6 is 0 Å². The molecule has 0 bridgehead atoms. The summed E-state index contributed by atoms with van der Waals surface area (Å²) < 4.78 is 10.3. The van der Waals surface area contributed by atoms with Crippen molar-refractivity contribution in [3.05, 3.63) is 35.0 Å². The highest BCUT2D eigenvalue weighted by Gasteiger charge is 2.54. The van der Waals surface area contributed by atoms with Crippen LogP contribution in [-0.4, -0.2) is 39.5 Å². The first-order valence-corrected chi connectivity index (χ1v) is 8.80. The zero-order valence-corrected chi connectivity index (χ0v) is 15.9. The number of nitrogens with one attached hydrogen (secondary N) is 1. The second-order valence-corrected chi connectivity index (χ2v) is 7.36. The SMILES string of the molecule is CC1=C(C(=O)OC(C)C)C(c2cccc3nonc23)C(C)(C(=O)O)C(C)N1. The van der Waals surface area contributed by atoms with Crippen LogP contribution in [0.4, 0.5) is 0 Å². The van der Waals surface area contributed by atoms with Crippen molar-refractivity contribution in [2.24, 2.45) is 5.41 Å². The molecular formula is C19H23N3O5. The van der Waals surface area contributed by atoms with E-state index in [1.165, 1.54) is 0 Å². The molecule has 1 aliphatic heterocycles. The smallest absolute Gasteiger partial charge is 0.336 e. The molecule has 0 aliphatic carbocycles. The average molecular weight is 373 g/mol. The number of benzene rings is 1. The van der Waals surface area contributed by atoms with Gasteiger partial charge in [0.2, 0.25) is 0 Å². The van der Waals surface area contributed by atoms with Gasteiger partial charge in [-0.2, -0.15) is 0 Å². The molecule has 2 N–H and O–H groups in total. The molecule has 144 valence electrons. The van der Waals surface area contributed by atoms with Crippen LogP contribution in [0.2, 0.25) is 0 Å². The minimum Gasteiger partial charge on any atom is -0.481 e. The number of aliphatic carboxylic acids is 1. The molecule has 0 saturated heterocycles. The van der Waals surface area contributed by atoms with E-state index in [0.717, 1.165) is 0 Å². The third kappa shape index (κ3) is 2.94. The molecule has 0 amide bonds. The lowest BCUT2D eigenvalue weighted by atomic mass is 9.63. The average Bonchev–Trinajstić information content (AvgIpc) is 3.05. The molecular weight excluding hydrogens is 350 g/mol. The van der Waals surface area contributed by atoms with Crippen LogP contribution in [0.25, 0.3) is 11.0 Å². The highest BCUT2D eigenvalue weighted by molar-refractivity contribution is 5.96. The van der Waals surface area contributed by atoms with E-state index < -0.39 is 29.3 Å². The topological polar surface area (TPSA) is 115 Å². The van der Waals surface area contributed by atoms with Crippen LogP contribution < -0.4 is 5.32 Å². The minimum absolute atomic E-state index is 0.280. The van der Waals surface area contributed by atoms with E-state index in [1.54, 1.807) is 52.8 Å². The van der Waals surface area contributed by atoms with E-state index >= 15 is 0 Å². The van der Waals surface area contributed by atoms with Crippen LogP contribution in [0.15, 0.2) is 34.1 Å². The van der Waals surface area contributed by atoms with Gasteiger partial charge in [0.25, 0.3) is 0 Å². The van der Waals surface area contributed by atoms with Gasteiger partial charge in [0.1, 0.15) is 11.0 Å². The molecule has 1 aromatic carbocycles. The molecule has 2 aromatic rings. The largest absolute Gasteiger partial charge is 0.481 e. The maximum absolute atomic E-state index is 12.9. The normalized spacial score (nSPS) is 25.6. The van der Waals surface area contributed by atoms with Crippen molar-refractivity contribution in [2.75, 3.05) is 0 Å². The van der Waals surface area contributed by atoms with E-state index in [1.807, 2.05) is 0 Å². The summed E-state index contributed by atoms with van der Waals surface area (Å²) in [5.41, 5.74) is 1.06. The van der Waals surface area contributed by atoms with Crippen LogP contribution in [0.1, 0.15) is 46.1 Å². The van der Waals surface area contributed by atoms with E-state index in [0.29, 0.717) is 22.3 Å². The predicted molar refractivity (Wildman–Crippen MR) is 96.8 cm³/mol. The summed E-state index contributed by atoms with van der Waals surface area (Å²) in [4.78, 5) is 25.3. The lowest BCUT2D eigenvalue weighted by molar-refractivity contribution is -0.152. The number of carbonyl (C=O) groups excluding carboxylic acids is 1. The molecule has 3 atom stereocenters. The van der Waals surface area contributed by atoms with E-state index in [-0.39, 0.29) is 11.7 Å². The number of esters is 1. The Hall–Kier alpha value is -2.90. The lowest BCUT2D eigenvalue weighted by Crippen LogP contribution is -2.55. The Kier molecular flexibility index (Phi) is 4.67. The maximum Gasteiger partial charge on any atom is 0.336 e. The summed E-state index contributed by atoms with van der Waals surface area (Å²) in [6.07, 6.45) is -0.335. The van der Waals surface area contributed by atoms with Gasteiger partial charge in [0.15, 0.2) is 0 Å². The molecule has 3 rings (SSSR count). The summed E-state index contributed by atoms with van der Waals surface area (Å²) in [6.45, 7) is 8.67. The predicted octanol–water partition coefficient (Wildman–Crippen LogP) is 2.61. The van der Waals surface area contributed by atoms with Crippen molar-refractivity contribution in [3.8, 4) is 0 Å². The number of hydrogen-bond donors (Lipinski definition) is 2. The van der Waals surface area contributed by atoms with Gasteiger partial charge in [0, 0.05) is 17.7 Å². The summed E-state index contributed by atoms with van der Waals surface area (Å²) in [5.74, 6) is -2.36. The molecule has 3 unspecified atom stereocenters. The van der Waals surface area contributed by atoms with Crippen molar-refractivity contribution < 1.29 is 24.1 Å². The number of aromatic nitrogens is 2. The van der Waals surface area contributed by atoms with Crippen molar-refractivity contribution in [2.45, 2.75) is 52.7 Å². The molecule has 0 spiro atoms. The number of ether oxygens (including phenoxy) is 1. The first-order valence-electron chi connectivity index (χ1n) is 8.80. The zero-order chi connectivity index (χ0) is 19.9. The third-order valence-electron chi connectivity index (χ3n) is 5.28. The van der Waals surface area contributed by atoms with Gasteiger partial charge in [-0.05, 0) is 56.6 Å². The van der Waals surface area contributed by atoms with Gasteiger partial charge in [-0.25, -0.2) is 9.42 Å². The number of carboxylic acids is 1. The van der Waals surface area contributed by atoms with Crippen LogP contribution in [0.5, 0.6) is 0 Å². The van der Waals surface area contributed by atoms with Crippen LogP contribution in [0, 0.1) is 5.41 Å².